The zero-order valence-electron chi connectivity index (χ0n) is 12.3. The molecule has 0 aliphatic carbocycles. The van der Waals surface area contributed by atoms with E-state index in [1.807, 2.05) is 6.07 Å². The van der Waals surface area contributed by atoms with Crippen LogP contribution in [0.3, 0.4) is 0 Å². The quantitative estimate of drug-likeness (QED) is 0.836. The Labute approximate surface area is 136 Å². The molecule has 0 atom stereocenters. The first-order chi connectivity index (χ1) is 11.0. The molecule has 118 valence electrons. The van der Waals surface area contributed by atoms with Gasteiger partial charge in [0.25, 0.3) is 0 Å². The number of carbonyl (C=O) groups excluding carboxylic acids is 2. The van der Waals surface area contributed by atoms with E-state index in [-0.39, 0.29) is 22.8 Å². The number of anilines is 2. The molecule has 7 nitrogen and oxygen atoms in total. The highest BCUT2D eigenvalue weighted by Gasteiger charge is 2.25. The molecular formula is C15H12ClN3O4. The number of esters is 1. The third kappa shape index (κ3) is 3.62. The third-order valence-corrected chi connectivity index (χ3v) is 3.13. The molecule has 2 amide bonds. The number of ether oxygens (including phenoxy) is 1. The molecule has 1 aromatic carbocycles. The number of nitriles is 1. The van der Waals surface area contributed by atoms with Crippen LogP contribution in [0.5, 0.6) is 0 Å². The third-order valence-electron chi connectivity index (χ3n) is 2.90. The molecule has 0 bridgehead atoms. The van der Waals surface area contributed by atoms with Gasteiger partial charge in [0.1, 0.15) is 23.0 Å². The molecular weight excluding hydrogens is 322 g/mol. The Morgan fingerprint density at radius 1 is 1.35 bits per heavy atom. The monoisotopic (exact) mass is 333 g/mol. The van der Waals surface area contributed by atoms with Gasteiger partial charge in [-0.25, -0.2) is 9.59 Å². The van der Waals surface area contributed by atoms with Crippen LogP contribution in [0.1, 0.15) is 21.7 Å². The van der Waals surface area contributed by atoms with Crippen molar-refractivity contribution in [3.8, 4) is 6.07 Å². The fraction of sp³-hybridized carbons (Fsp3) is 0.133. The number of nitrogens with one attached hydrogen (secondary N) is 2. The molecule has 0 saturated heterocycles. The van der Waals surface area contributed by atoms with Crippen LogP contribution in [0, 0.1) is 18.3 Å². The van der Waals surface area contributed by atoms with Crippen LogP contribution in [-0.2, 0) is 4.74 Å². The van der Waals surface area contributed by atoms with Crippen molar-refractivity contribution in [2.75, 3.05) is 17.7 Å². The highest BCUT2D eigenvalue weighted by atomic mass is 35.5. The van der Waals surface area contributed by atoms with Gasteiger partial charge in [-0.3, -0.25) is 5.32 Å². The normalized spacial score (nSPS) is 9.83. The Kier molecular flexibility index (Phi) is 4.88. The highest BCUT2D eigenvalue weighted by molar-refractivity contribution is 6.30. The predicted molar refractivity (Wildman–Crippen MR) is 83.6 cm³/mol. The summed E-state index contributed by atoms with van der Waals surface area (Å²) in [5.41, 5.74) is 0.341. The number of hydrogen-bond donors (Lipinski definition) is 2. The Bertz CT molecular complexity index is 808. The van der Waals surface area contributed by atoms with Crippen molar-refractivity contribution in [2.24, 2.45) is 0 Å². The summed E-state index contributed by atoms with van der Waals surface area (Å²) in [6.07, 6.45) is 0. The van der Waals surface area contributed by atoms with Gasteiger partial charge in [-0.15, -0.1) is 0 Å². The molecule has 2 rings (SSSR count). The van der Waals surface area contributed by atoms with E-state index in [0.717, 1.165) is 0 Å². The average Bonchev–Trinajstić information content (AvgIpc) is 2.81. The van der Waals surface area contributed by atoms with Gasteiger partial charge in [-0.2, -0.15) is 5.26 Å². The van der Waals surface area contributed by atoms with Crippen molar-refractivity contribution in [1.29, 1.82) is 5.26 Å². The standard InChI is InChI=1S/C15H12ClN3O4/c1-8-12(14(20)22-2)11(7-17)13(23-8)19-15(21)18-10-5-3-4-9(16)6-10/h3-6H,1-2H3,(H2,18,19,21). The first-order valence-corrected chi connectivity index (χ1v) is 6.79. The summed E-state index contributed by atoms with van der Waals surface area (Å²) in [4.78, 5) is 23.6. The molecule has 23 heavy (non-hydrogen) atoms. The minimum Gasteiger partial charge on any atom is -0.465 e. The number of nitrogens with zero attached hydrogens (tertiary/aromatic N) is 1. The van der Waals surface area contributed by atoms with Crippen LogP contribution in [-0.4, -0.2) is 19.1 Å². The number of methoxy groups -OCH3 is 1. The lowest BCUT2D eigenvalue weighted by Gasteiger charge is -2.06. The second-order valence-corrected chi connectivity index (χ2v) is 4.87. The zero-order valence-corrected chi connectivity index (χ0v) is 13.0. The zero-order chi connectivity index (χ0) is 17.0. The van der Waals surface area contributed by atoms with Crippen LogP contribution >= 0.6 is 11.6 Å². The first kappa shape index (κ1) is 16.4. The van der Waals surface area contributed by atoms with Gasteiger partial charge >= 0.3 is 12.0 Å². The Morgan fingerprint density at radius 3 is 2.70 bits per heavy atom. The van der Waals surface area contributed by atoms with Crippen molar-refractivity contribution in [3.63, 3.8) is 0 Å². The van der Waals surface area contributed by atoms with E-state index < -0.39 is 12.0 Å². The lowest BCUT2D eigenvalue weighted by atomic mass is 10.1. The van der Waals surface area contributed by atoms with Crippen molar-refractivity contribution in [1.82, 2.24) is 0 Å². The average molecular weight is 334 g/mol. The summed E-state index contributed by atoms with van der Waals surface area (Å²) >= 11 is 5.83. The number of halogens is 1. The summed E-state index contributed by atoms with van der Waals surface area (Å²) in [5, 5.41) is 14.6. The smallest absolute Gasteiger partial charge is 0.342 e. The van der Waals surface area contributed by atoms with E-state index >= 15 is 0 Å². The summed E-state index contributed by atoms with van der Waals surface area (Å²) in [6, 6.07) is 7.71. The number of hydrogen-bond acceptors (Lipinski definition) is 5. The van der Waals surface area contributed by atoms with Crippen LogP contribution in [0.4, 0.5) is 16.4 Å². The van der Waals surface area contributed by atoms with Crippen LogP contribution in [0.15, 0.2) is 28.7 Å². The minimum absolute atomic E-state index is 0.0203. The second kappa shape index (κ2) is 6.85. The fourth-order valence-corrected chi connectivity index (χ4v) is 2.11. The predicted octanol–water partition coefficient (Wildman–Crippen LogP) is 3.54. The lowest BCUT2D eigenvalue weighted by molar-refractivity contribution is 0.0598. The SMILES string of the molecule is COC(=O)c1c(C)oc(NC(=O)Nc2cccc(Cl)c2)c1C#N. The van der Waals surface area contributed by atoms with Crippen molar-refractivity contribution < 1.29 is 18.7 Å². The van der Waals surface area contributed by atoms with E-state index in [9.17, 15) is 14.9 Å². The van der Waals surface area contributed by atoms with E-state index in [0.29, 0.717) is 10.7 Å². The van der Waals surface area contributed by atoms with Gasteiger partial charge in [-0.05, 0) is 25.1 Å². The molecule has 0 aliphatic heterocycles. The van der Waals surface area contributed by atoms with E-state index in [2.05, 4.69) is 15.4 Å². The Balaban J connectivity index is 2.22. The molecule has 2 aromatic rings. The number of urea groups is 1. The summed E-state index contributed by atoms with van der Waals surface area (Å²) in [6.45, 7) is 1.49. The topological polar surface area (TPSA) is 104 Å². The maximum absolute atomic E-state index is 12.0. The fourth-order valence-electron chi connectivity index (χ4n) is 1.92. The molecule has 1 heterocycles. The summed E-state index contributed by atoms with van der Waals surface area (Å²) in [7, 11) is 1.19. The minimum atomic E-state index is -0.717. The van der Waals surface area contributed by atoms with Crippen LogP contribution in [0.25, 0.3) is 0 Å². The van der Waals surface area contributed by atoms with Crippen LogP contribution < -0.4 is 10.6 Å². The van der Waals surface area contributed by atoms with E-state index in [1.165, 1.54) is 14.0 Å². The second-order valence-electron chi connectivity index (χ2n) is 4.43. The maximum atomic E-state index is 12.0. The molecule has 0 fully saturated rings. The number of aryl methyl sites for hydroxylation is 1. The Hall–Kier alpha value is -2.98. The van der Waals surface area contributed by atoms with E-state index in [4.69, 9.17) is 16.0 Å². The molecule has 1 aromatic heterocycles. The number of rotatable bonds is 3. The largest absolute Gasteiger partial charge is 0.465 e. The Morgan fingerprint density at radius 2 is 2.09 bits per heavy atom. The van der Waals surface area contributed by atoms with E-state index in [1.54, 1.807) is 24.3 Å². The summed E-state index contributed by atoms with van der Waals surface area (Å²) < 4.78 is 9.86. The first-order valence-electron chi connectivity index (χ1n) is 6.41. The molecule has 0 radical (unpaired) electrons. The van der Waals surface area contributed by atoms with Gasteiger partial charge < -0.3 is 14.5 Å². The lowest BCUT2D eigenvalue weighted by Crippen LogP contribution is -2.19. The van der Waals surface area contributed by atoms with Gasteiger partial charge in [0.15, 0.2) is 0 Å². The van der Waals surface area contributed by atoms with Gasteiger partial charge in [-0.1, -0.05) is 17.7 Å². The van der Waals surface area contributed by atoms with Crippen molar-refractivity contribution in [2.45, 2.75) is 6.92 Å². The van der Waals surface area contributed by atoms with Gasteiger partial charge in [0.2, 0.25) is 5.88 Å². The van der Waals surface area contributed by atoms with Gasteiger partial charge in [0.05, 0.1) is 7.11 Å². The maximum Gasteiger partial charge on any atom is 0.342 e. The number of amides is 2. The van der Waals surface area contributed by atoms with Gasteiger partial charge in [0, 0.05) is 10.7 Å². The number of furan rings is 1. The van der Waals surface area contributed by atoms with Crippen molar-refractivity contribution >= 4 is 35.2 Å². The molecule has 0 spiro atoms. The van der Waals surface area contributed by atoms with Crippen molar-refractivity contribution in [3.05, 3.63) is 46.2 Å². The molecule has 0 aliphatic rings. The number of carbonyl (C=O) groups is 2. The molecule has 0 unspecified atom stereocenters. The van der Waals surface area contributed by atoms with Crippen LogP contribution in [0.2, 0.25) is 5.02 Å². The summed E-state index contributed by atoms with van der Waals surface area (Å²) in [5.74, 6) is -0.678. The highest BCUT2D eigenvalue weighted by Crippen LogP contribution is 2.27. The molecule has 8 heteroatoms. The molecule has 2 N–H and O–H groups in total. The molecule has 0 saturated carbocycles. The number of benzene rings is 1.